The van der Waals surface area contributed by atoms with Crippen molar-refractivity contribution in [1.29, 1.82) is 0 Å². The fourth-order valence-electron chi connectivity index (χ4n) is 2.79. The lowest BCUT2D eigenvalue weighted by Crippen LogP contribution is -2.45. The standard InChI is InChI=1S/C22H30N3O5P/c1-2-3-4-11-16-24-22(27)25-21(17-20(23)26)31(28,29-18-12-7-5-8-13-18)30-19-14-9-6-10-15-19/h5-10,12-15,21H,2-4,11,16-17H2,1H3,(H2,23,26)(H2,24,25,27)/t21-/m0/s1. The second kappa shape index (κ2) is 12.6. The van der Waals surface area contributed by atoms with Crippen molar-refractivity contribution in [3.05, 3.63) is 60.7 Å². The number of hydrogen-bond donors (Lipinski definition) is 3. The number of urea groups is 1. The van der Waals surface area contributed by atoms with Crippen molar-refractivity contribution >= 4 is 19.5 Å². The molecule has 0 aliphatic carbocycles. The summed E-state index contributed by atoms with van der Waals surface area (Å²) >= 11 is 0. The Balaban J connectivity index is 2.20. The Bertz CT molecular complexity index is 818. The molecule has 1 atom stereocenters. The van der Waals surface area contributed by atoms with E-state index in [1.807, 2.05) is 0 Å². The van der Waals surface area contributed by atoms with E-state index >= 15 is 0 Å². The Labute approximate surface area is 183 Å². The van der Waals surface area contributed by atoms with Gasteiger partial charge < -0.3 is 25.4 Å². The lowest BCUT2D eigenvalue weighted by molar-refractivity contribution is -0.118. The summed E-state index contributed by atoms with van der Waals surface area (Å²) in [5.74, 6) is -1.47. The van der Waals surface area contributed by atoms with E-state index in [2.05, 4.69) is 17.6 Å². The summed E-state index contributed by atoms with van der Waals surface area (Å²) < 4.78 is 25.3. The van der Waals surface area contributed by atoms with E-state index in [1.165, 1.54) is 0 Å². The first kappa shape index (κ1) is 24.3. The number of benzene rings is 2. The molecule has 4 N–H and O–H groups in total. The maximum absolute atomic E-state index is 13.8. The number of primary amides is 1. The van der Waals surface area contributed by atoms with Gasteiger partial charge in [-0.15, -0.1) is 0 Å². The van der Waals surface area contributed by atoms with Crippen molar-refractivity contribution in [1.82, 2.24) is 10.6 Å². The van der Waals surface area contributed by atoms with Crippen LogP contribution >= 0.6 is 7.60 Å². The third kappa shape index (κ3) is 8.72. The molecule has 3 amide bonds. The second-order valence-electron chi connectivity index (χ2n) is 7.00. The van der Waals surface area contributed by atoms with Gasteiger partial charge in [0.2, 0.25) is 5.91 Å². The van der Waals surface area contributed by atoms with Crippen molar-refractivity contribution in [2.45, 2.75) is 44.8 Å². The minimum Gasteiger partial charge on any atom is -0.415 e. The SMILES string of the molecule is CCCCCCNC(=O)N[C@H](CC(N)=O)P(=O)(Oc1ccccc1)Oc1ccccc1. The number of carbonyl (C=O) groups excluding carboxylic acids is 2. The summed E-state index contributed by atoms with van der Waals surface area (Å²) in [4.78, 5) is 24.1. The Morgan fingerprint density at radius 2 is 1.48 bits per heavy atom. The predicted octanol–water partition coefficient (Wildman–Crippen LogP) is 4.42. The number of nitrogens with two attached hydrogens (primary N) is 1. The van der Waals surface area contributed by atoms with Crippen LogP contribution in [0.15, 0.2) is 60.7 Å². The van der Waals surface area contributed by atoms with Gasteiger partial charge in [-0.3, -0.25) is 4.79 Å². The van der Waals surface area contributed by atoms with Crippen molar-refractivity contribution in [2.75, 3.05) is 6.54 Å². The molecule has 2 aromatic carbocycles. The molecule has 2 aromatic rings. The fraction of sp³-hybridized carbons (Fsp3) is 0.364. The highest BCUT2D eigenvalue weighted by Crippen LogP contribution is 2.52. The molecule has 31 heavy (non-hydrogen) atoms. The summed E-state index contributed by atoms with van der Waals surface area (Å²) in [6.07, 6.45) is 3.57. The third-order valence-corrected chi connectivity index (χ3v) is 6.35. The second-order valence-corrected chi connectivity index (χ2v) is 9.06. The maximum atomic E-state index is 13.8. The number of hydrogen-bond acceptors (Lipinski definition) is 5. The molecule has 0 aliphatic rings. The van der Waals surface area contributed by atoms with Gasteiger partial charge >= 0.3 is 13.6 Å². The average molecular weight is 447 g/mol. The molecule has 168 valence electrons. The Morgan fingerprint density at radius 1 is 0.935 bits per heavy atom. The van der Waals surface area contributed by atoms with Gasteiger partial charge in [-0.2, -0.15) is 0 Å². The highest BCUT2D eigenvalue weighted by atomic mass is 31.2. The van der Waals surface area contributed by atoms with Gasteiger partial charge in [0.05, 0.1) is 6.42 Å². The number of rotatable bonds is 13. The van der Waals surface area contributed by atoms with E-state index in [-0.39, 0.29) is 11.5 Å². The fourth-order valence-corrected chi connectivity index (χ4v) is 4.59. The van der Waals surface area contributed by atoms with E-state index in [9.17, 15) is 14.2 Å². The number of carbonyl (C=O) groups is 2. The molecule has 0 bridgehead atoms. The molecule has 0 fully saturated rings. The highest BCUT2D eigenvalue weighted by Gasteiger charge is 2.41. The molecule has 0 radical (unpaired) electrons. The molecule has 0 saturated heterocycles. The molecule has 0 aliphatic heterocycles. The summed E-state index contributed by atoms with van der Waals surface area (Å²) in [6, 6.07) is 16.3. The lowest BCUT2D eigenvalue weighted by atomic mass is 10.2. The zero-order chi connectivity index (χ0) is 22.5. The number of nitrogens with one attached hydrogen (secondary N) is 2. The van der Waals surface area contributed by atoms with Crippen LogP contribution < -0.4 is 25.4 Å². The first-order valence-electron chi connectivity index (χ1n) is 10.3. The Kier molecular flexibility index (Phi) is 9.91. The van der Waals surface area contributed by atoms with Gasteiger partial charge in [-0.05, 0) is 30.7 Å². The smallest absolute Gasteiger partial charge is 0.415 e. The van der Waals surface area contributed by atoms with Crippen LogP contribution in [0.25, 0.3) is 0 Å². The van der Waals surface area contributed by atoms with Crippen LogP contribution in [0.4, 0.5) is 4.79 Å². The van der Waals surface area contributed by atoms with E-state index in [0.717, 1.165) is 25.7 Å². The molecule has 0 aromatic heterocycles. The van der Waals surface area contributed by atoms with Crippen LogP contribution in [0.5, 0.6) is 11.5 Å². The molecule has 0 unspecified atom stereocenters. The maximum Gasteiger partial charge on any atom is 0.453 e. The molecule has 8 nitrogen and oxygen atoms in total. The molecule has 0 heterocycles. The Hall–Kier alpha value is -2.99. The van der Waals surface area contributed by atoms with E-state index < -0.39 is 31.7 Å². The molecular weight excluding hydrogens is 417 g/mol. The van der Waals surface area contributed by atoms with Gasteiger partial charge in [0.15, 0.2) is 5.78 Å². The van der Waals surface area contributed by atoms with Crippen LogP contribution in [0.1, 0.15) is 39.0 Å². The van der Waals surface area contributed by atoms with Crippen LogP contribution in [0, 0.1) is 0 Å². The molecule has 9 heteroatoms. The molecule has 0 spiro atoms. The van der Waals surface area contributed by atoms with Gasteiger partial charge in [-0.1, -0.05) is 62.6 Å². The van der Waals surface area contributed by atoms with Crippen LogP contribution in [0.2, 0.25) is 0 Å². The zero-order valence-corrected chi connectivity index (χ0v) is 18.6. The first-order chi connectivity index (χ1) is 14.9. The average Bonchev–Trinajstić information content (AvgIpc) is 2.74. The van der Waals surface area contributed by atoms with E-state index in [1.54, 1.807) is 60.7 Å². The number of unbranched alkanes of at least 4 members (excludes halogenated alkanes) is 3. The molecular formula is C22H30N3O5P. The topological polar surface area (TPSA) is 120 Å². The quantitative estimate of drug-likeness (QED) is 0.310. The largest absolute Gasteiger partial charge is 0.453 e. The first-order valence-corrected chi connectivity index (χ1v) is 12.0. The summed E-state index contributed by atoms with van der Waals surface area (Å²) in [6.45, 7) is 2.56. The summed E-state index contributed by atoms with van der Waals surface area (Å²) in [5, 5.41) is 5.27. The van der Waals surface area contributed by atoms with Crippen LogP contribution in [0.3, 0.4) is 0 Å². The van der Waals surface area contributed by atoms with Crippen molar-refractivity contribution in [2.24, 2.45) is 5.73 Å². The highest BCUT2D eigenvalue weighted by molar-refractivity contribution is 7.55. The number of amides is 3. The monoisotopic (exact) mass is 447 g/mol. The van der Waals surface area contributed by atoms with E-state index in [4.69, 9.17) is 14.8 Å². The lowest BCUT2D eigenvalue weighted by Gasteiger charge is -2.27. The minimum atomic E-state index is -4.10. The Morgan fingerprint density at radius 3 is 1.97 bits per heavy atom. The summed E-state index contributed by atoms with van der Waals surface area (Å²) in [7, 11) is -4.10. The van der Waals surface area contributed by atoms with Gasteiger partial charge in [0, 0.05) is 6.54 Å². The molecule has 2 rings (SSSR count). The van der Waals surface area contributed by atoms with Gasteiger partial charge in [0.1, 0.15) is 11.5 Å². The zero-order valence-electron chi connectivity index (χ0n) is 17.7. The normalized spacial score (nSPS) is 11.9. The van der Waals surface area contributed by atoms with Crippen molar-refractivity contribution < 1.29 is 23.2 Å². The van der Waals surface area contributed by atoms with Gasteiger partial charge in [0.25, 0.3) is 0 Å². The van der Waals surface area contributed by atoms with Crippen molar-refractivity contribution in [3.8, 4) is 11.5 Å². The van der Waals surface area contributed by atoms with Crippen molar-refractivity contribution in [3.63, 3.8) is 0 Å². The number of para-hydroxylation sites is 2. The van der Waals surface area contributed by atoms with Gasteiger partial charge in [-0.25, -0.2) is 9.36 Å². The molecule has 0 saturated carbocycles. The van der Waals surface area contributed by atoms with E-state index in [0.29, 0.717) is 6.54 Å². The minimum absolute atomic E-state index is 0.276. The third-order valence-electron chi connectivity index (χ3n) is 4.34. The van der Waals surface area contributed by atoms with Crippen LogP contribution in [-0.4, -0.2) is 24.3 Å². The van der Waals surface area contributed by atoms with Crippen LogP contribution in [-0.2, 0) is 9.36 Å². The summed E-state index contributed by atoms with van der Waals surface area (Å²) in [5.41, 5.74) is 5.36. The predicted molar refractivity (Wildman–Crippen MR) is 120 cm³/mol.